The Kier molecular flexibility index (Phi) is 4.08. The maximum atomic E-state index is 13.4. The summed E-state index contributed by atoms with van der Waals surface area (Å²) >= 11 is 3.00. The largest absolute Gasteiger partial charge is 0.240 e. The molecule has 2 rings (SSSR count). The number of halogens is 2. The van der Waals surface area contributed by atoms with Gasteiger partial charge in [-0.05, 0) is 52.9 Å². The van der Waals surface area contributed by atoms with E-state index in [0.717, 1.165) is 25.3 Å². The Morgan fingerprint density at radius 1 is 1.39 bits per heavy atom. The molecular weight excluding hydrogens is 321 g/mol. The lowest BCUT2D eigenvalue weighted by Gasteiger charge is -2.17. The lowest BCUT2D eigenvalue weighted by atomic mass is 10.1. The van der Waals surface area contributed by atoms with Crippen LogP contribution in [0.1, 0.15) is 26.2 Å². The van der Waals surface area contributed by atoms with Crippen LogP contribution in [0, 0.1) is 11.7 Å². The molecule has 0 heterocycles. The lowest BCUT2D eigenvalue weighted by Crippen LogP contribution is -2.36. The minimum absolute atomic E-state index is 0.0256. The highest BCUT2D eigenvalue weighted by Crippen LogP contribution is 2.27. The van der Waals surface area contributed by atoms with E-state index in [1.54, 1.807) is 0 Å². The summed E-state index contributed by atoms with van der Waals surface area (Å²) in [5.74, 6) is -0.239. The van der Waals surface area contributed by atoms with Gasteiger partial charge in [0.05, 0.1) is 9.37 Å². The van der Waals surface area contributed by atoms with Crippen molar-refractivity contribution in [3.63, 3.8) is 0 Å². The smallest absolute Gasteiger partial charge is 0.208 e. The van der Waals surface area contributed by atoms with Crippen LogP contribution in [-0.4, -0.2) is 14.5 Å². The highest BCUT2D eigenvalue weighted by molar-refractivity contribution is 9.10. The van der Waals surface area contributed by atoms with Crippen LogP contribution in [0.15, 0.2) is 27.6 Å². The topological polar surface area (TPSA) is 46.2 Å². The first-order valence-electron chi connectivity index (χ1n) is 5.87. The Bertz CT molecular complexity index is 547. The van der Waals surface area contributed by atoms with Crippen molar-refractivity contribution >= 4 is 26.0 Å². The van der Waals surface area contributed by atoms with E-state index in [1.807, 2.05) is 6.92 Å². The second-order valence-electron chi connectivity index (χ2n) is 4.71. The molecule has 1 aromatic rings. The lowest BCUT2D eigenvalue weighted by molar-refractivity contribution is 0.476. The molecule has 0 aromatic heterocycles. The summed E-state index contributed by atoms with van der Waals surface area (Å²) in [6.45, 7) is 2.03. The van der Waals surface area contributed by atoms with Gasteiger partial charge in [0, 0.05) is 6.04 Å². The fourth-order valence-corrected chi connectivity index (χ4v) is 3.87. The van der Waals surface area contributed by atoms with Gasteiger partial charge >= 0.3 is 0 Å². The number of benzene rings is 1. The summed E-state index contributed by atoms with van der Waals surface area (Å²) in [4.78, 5) is -0.0256. The number of hydrogen-bond acceptors (Lipinski definition) is 2. The Balaban J connectivity index is 2.22. The summed E-state index contributed by atoms with van der Waals surface area (Å²) in [7, 11) is -3.63. The Labute approximate surface area is 115 Å². The maximum Gasteiger partial charge on any atom is 0.240 e. The van der Waals surface area contributed by atoms with Crippen LogP contribution in [0.3, 0.4) is 0 Å². The monoisotopic (exact) mass is 335 g/mol. The minimum Gasteiger partial charge on any atom is -0.208 e. The molecule has 1 saturated carbocycles. The number of hydrogen-bond donors (Lipinski definition) is 1. The third kappa shape index (κ3) is 2.92. The second-order valence-corrected chi connectivity index (χ2v) is 7.28. The quantitative estimate of drug-likeness (QED) is 0.922. The van der Waals surface area contributed by atoms with Gasteiger partial charge in [-0.2, -0.15) is 0 Å². The summed E-state index contributed by atoms with van der Waals surface area (Å²) in [5, 5.41) is 0. The summed E-state index contributed by atoms with van der Waals surface area (Å²) < 4.78 is 40.5. The van der Waals surface area contributed by atoms with E-state index in [2.05, 4.69) is 20.7 Å². The molecule has 2 atom stereocenters. The van der Waals surface area contributed by atoms with Crippen molar-refractivity contribution in [3.05, 3.63) is 28.5 Å². The normalized spacial score (nSPS) is 24.4. The van der Waals surface area contributed by atoms with Crippen LogP contribution in [0.4, 0.5) is 4.39 Å². The van der Waals surface area contributed by atoms with Crippen molar-refractivity contribution in [1.29, 1.82) is 0 Å². The summed E-state index contributed by atoms with van der Waals surface area (Å²) in [5.41, 5.74) is 0. The van der Waals surface area contributed by atoms with E-state index in [9.17, 15) is 12.8 Å². The molecule has 0 spiro atoms. The molecule has 0 amide bonds. The van der Waals surface area contributed by atoms with Gasteiger partial charge in [-0.15, -0.1) is 0 Å². The van der Waals surface area contributed by atoms with Crippen LogP contribution in [0.5, 0.6) is 0 Å². The van der Waals surface area contributed by atoms with Gasteiger partial charge in [-0.1, -0.05) is 13.3 Å². The molecule has 6 heteroatoms. The maximum absolute atomic E-state index is 13.4. The predicted molar refractivity (Wildman–Crippen MR) is 71.2 cm³/mol. The molecule has 3 nitrogen and oxygen atoms in total. The van der Waals surface area contributed by atoms with Crippen molar-refractivity contribution in [3.8, 4) is 0 Å². The summed E-state index contributed by atoms with van der Waals surface area (Å²) in [6, 6.07) is 3.80. The van der Waals surface area contributed by atoms with Crippen molar-refractivity contribution in [2.45, 2.75) is 37.1 Å². The number of sulfonamides is 1. The Morgan fingerprint density at radius 2 is 2.11 bits per heavy atom. The van der Waals surface area contributed by atoms with E-state index in [0.29, 0.717) is 5.92 Å². The Hall–Kier alpha value is -0.460. The Morgan fingerprint density at radius 3 is 2.67 bits per heavy atom. The second kappa shape index (κ2) is 5.27. The highest BCUT2D eigenvalue weighted by Gasteiger charge is 2.28. The van der Waals surface area contributed by atoms with E-state index in [1.165, 1.54) is 12.1 Å². The molecule has 1 aliphatic rings. The highest BCUT2D eigenvalue weighted by atomic mass is 79.9. The van der Waals surface area contributed by atoms with Crippen molar-refractivity contribution in [2.75, 3.05) is 0 Å². The molecule has 1 fully saturated rings. The standard InChI is InChI=1S/C12H15BrFNO2S/c1-8-3-2-4-12(8)15-18(16,17)9-5-6-10(13)11(14)7-9/h5-8,12,15H,2-4H2,1H3. The van der Waals surface area contributed by atoms with Gasteiger partial charge in [-0.25, -0.2) is 17.5 Å². The molecule has 0 radical (unpaired) electrons. The fourth-order valence-electron chi connectivity index (χ4n) is 2.23. The van der Waals surface area contributed by atoms with Crippen molar-refractivity contribution in [2.24, 2.45) is 5.92 Å². The molecule has 2 unspecified atom stereocenters. The number of nitrogens with one attached hydrogen (secondary N) is 1. The first-order chi connectivity index (χ1) is 8.40. The fraction of sp³-hybridized carbons (Fsp3) is 0.500. The average molecular weight is 336 g/mol. The van der Waals surface area contributed by atoms with Crippen LogP contribution >= 0.6 is 15.9 Å². The van der Waals surface area contributed by atoms with Gasteiger partial charge in [0.1, 0.15) is 5.82 Å². The van der Waals surface area contributed by atoms with Gasteiger partial charge in [-0.3, -0.25) is 0 Å². The zero-order valence-corrected chi connectivity index (χ0v) is 12.4. The third-order valence-electron chi connectivity index (χ3n) is 3.37. The molecule has 100 valence electrons. The number of rotatable bonds is 3. The van der Waals surface area contributed by atoms with Gasteiger partial charge in [0.15, 0.2) is 0 Å². The van der Waals surface area contributed by atoms with Gasteiger partial charge in [0.2, 0.25) is 10.0 Å². The first-order valence-corrected chi connectivity index (χ1v) is 8.15. The molecule has 0 bridgehead atoms. The van der Waals surface area contributed by atoms with Crippen LogP contribution < -0.4 is 4.72 Å². The minimum atomic E-state index is -3.63. The van der Waals surface area contributed by atoms with Gasteiger partial charge < -0.3 is 0 Å². The molecule has 18 heavy (non-hydrogen) atoms. The van der Waals surface area contributed by atoms with E-state index in [4.69, 9.17) is 0 Å². The average Bonchev–Trinajstić information content (AvgIpc) is 2.67. The first kappa shape index (κ1) is 14.0. The third-order valence-corrected chi connectivity index (χ3v) is 5.50. The van der Waals surface area contributed by atoms with E-state index >= 15 is 0 Å². The van der Waals surface area contributed by atoms with E-state index in [-0.39, 0.29) is 15.4 Å². The summed E-state index contributed by atoms with van der Waals surface area (Å²) in [6.07, 6.45) is 2.91. The van der Waals surface area contributed by atoms with Crippen LogP contribution in [-0.2, 0) is 10.0 Å². The molecule has 1 N–H and O–H groups in total. The zero-order valence-electron chi connectivity index (χ0n) is 9.99. The van der Waals surface area contributed by atoms with Crippen LogP contribution in [0.25, 0.3) is 0 Å². The molecular formula is C12H15BrFNO2S. The SMILES string of the molecule is CC1CCCC1NS(=O)(=O)c1ccc(Br)c(F)c1. The predicted octanol–water partition coefficient (Wildman–Crippen LogP) is 3.06. The van der Waals surface area contributed by atoms with Crippen LogP contribution in [0.2, 0.25) is 0 Å². The van der Waals surface area contributed by atoms with Crippen molar-refractivity contribution < 1.29 is 12.8 Å². The van der Waals surface area contributed by atoms with Crippen molar-refractivity contribution in [1.82, 2.24) is 4.72 Å². The molecule has 1 aromatic carbocycles. The zero-order chi connectivity index (χ0) is 13.3. The molecule has 0 aliphatic heterocycles. The molecule has 1 aliphatic carbocycles. The van der Waals surface area contributed by atoms with Gasteiger partial charge in [0.25, 0.3) is 0 Å². The van der Waals surface area contributed by atoms with E-state index < -0.39 is 15.8 Å². The molecule has 0 saturated heterocycles.